The van der Waals surface area contributed by atoms with E-state index in [4.69, 9.17) is 0 Å². The Hall–Kier alpha value is -4.00. The van der Waals surface area contributed by atoms with Crippen LogP contribution in [0.2, 0.25) is 0 Å². The van der Waals surface area contributed by atoms with Crippen molar-refractivity contribution in [2.45, 2.75) is 19.9 Å². The van der Waals surface area contributed by atoms with Crippen molar-refractivity contribution in [2.75, 3.05) is 6.54 Å². The van der Waals surface area contributed by atoms with Crippen molar-refractivity contribution in [3.05, 3.63) is 110 Å². The molecule has 0 saturated carbocycles. The van der Waals surface area contributed by atoms with Gasteiger partial charge in [0.05, 0.1) is 12.1 Å². The number of rotatable bonds is 6. The molecule has 7 nitrogen and oxygen atoms in total. The Kier molecular flexibility index (Phi) is 5.75. The second-order valence-corrected chi connectivity index (χ2v) is 7.35. The minimum atomic E-state index is -0.690. The summed E-state index contributed by atoms with van der Waals surface area (Å²) in [5.41, 5.74) is 3.29. The first-order valence-corrected chi connectivity index (χ1v) is 10.0. The molecule has 0 radical (unpaired) electrons. The molecule has 2 N–H and O–H groups in total. The van der Waals surface area contributed by atoms with E-state index in [1.165, 1.54) is 15.7 Å². The van der Waals surface area contributed by atoms with Gasteiger partial charge in [0, 0.05) is 18.3 Å². The van der Waals surface area contributed by atoms with Gasteiger partial charge in [-0.1, -0.05) is 36.4 Å². The number of amides is 1. The van der Waals surface area contributed by atoms with Gasteiger partial charge in [0.15, 0.2) is 5.65 Å². The molecule has 0 aliphatic heterocycles. The number of hydrogen-bond donors (Lipinski definition) is 2. The summed E-state index contributed by atoms with van der Waals surface area (Å²) in [4.78, 5) is 43.5. The zero-order valence-corrected chi connectivity index (χ0v) is 17.1. The number of aryl methyl sites for hydroxylation is 1. The molecule has 31 heavy (non-hydrogen) atoms. The van der Waals surface area contributed by atoms with Crippen molar-refractivity contribution in [1.29, 1.82) is 0 Å². The largest absolute Gasteiger partial charge is 0.352 e. The van der Waals surface area contributed by atoms with Crippen molar-refractivity contribution in [3.63, 3.8) is 0 Å². The maximum Gasteiger partial charge on any atom is 0.318 e. The number of benzene rings is 2. The predicted molar refractivity (Wildman–Crippen MR) is 119 cm³/mol. The SMILES string of the molecule is Cc1ccccc1CCNC(=O)c1ccc(Cn2c(=O)c(=O)[nH]c3cccnc32)cc1. The monoisotopic (exact) mass is 414 g/mol. The summed E-state index contributed by atoms with van der Waals surface area (Å²) in [5, 5.41) is 2.93. The second kappa shape index (κ2) is 8.79. The molecule has 0 bridgehead atoms. The van der Waals surface area contributed by atoms with E-state index in [1.807, 2.05) is 12.1 Å². The summed E-state index contributed by atoms with van der Waals surface area (Å²) in [6, 6.07) is 18.5. The van der Waals surface area contributed by atoms with Gasteiger partial charge in [0.1, 0.15) is 0 Å². The van der Waals surface area contributed by atoms with Crippen LogP contribution in [0.25, 0.3) is 11.2 Å². The standard InChI is InChI=1S/C24H22N4O3/c1-16-5-2-3-6-18(16)12-14-26-22(29)19-10-8-17(9-11-19)15-28-21-20(7-4-13-25-21)27-23(30)24(28)31/h2-11,13H,12,14-15H2,1H3,(H,26,29)(H,27,30). The minimum Gasteiger partial charge on any atom is -0.352 e. The van der Waals surface area contributed by atoms with Gasteiger partial charge in [-0.2, -0.15) is 0 Å². The Morgan fingerprint density at radius 2 is 1.81 bits per heavy atom. The zero-order chi connectivity index (χ0) is 21.8. The lowest BCUT2D eigenvalue weighted by Crippen LogP contribution is -2.36. The van der Waals surface area contributed by atoms with E-state index in [9.17, 15) is 14.4 Å². The molecule has 156 valence electrons. The molecule has 0 spiro atoms. The number of nitrogens with one attached hydrogen (secondary N) is 2. The molecule has 0 atom stereocenters. The second-order valence-electron chi connectivity index (χ2n) is 7.35. The maximum atomic E-state index is 12.4. The first kappa shape index (κ1) is 20.3. The fraction of sp³-hybridized carbons (Fsp3) is 0.167. The predicted octanol–water partition coefficient (Wildman–Crippen LogP) is 2.41. The molecule has 0 aliphatic carbocycles. The molecule has 2 aromatic carbocycles. The number of carbonyl (C=O) groups excluding carboxylic acids is 1. The topological polar surface area (TPSA) is 96.9 Å². The molecule has 2 aromatic heterocycles. The van der Waals surface area contributed by atoms with Crippen LogP contribution in [-0.2, 0) is 13.0 Å². The molecule has 4 rings (SSSR count). The van der Waals surface area contributed by atoms with Crippen LogP contribution in [0.15, 0.2) is 76.4 Å². The number of carbonyl (C=O) groups is 1. The highest BCUT2D eigenvalue weighted by atomic mass is 16.2. The lowest BCUT2D eigenvalue weighted by atomic mass is 10.1. The van der Waals surface area contributed by atoms with Crippen LogP contribution < -0.4 is 16.4 Å². The number of aromatic amines is 1. The summed E-state index contributed by atoms with van der Waals surface area (Å²) >= 11 is 0. The molecule has 4 aromatic rings. The third-order valence-corrected chi connectivity index (χ3v) is 5.23. The maximum absolute atomic E-state index is 12.4. The summed E-state index contributed by atoms with van der Waals surface area (Å²) in [7, 11) is 0. The van der Waals surface area contributed by atoms with E-state index in [1.54, 1.807) is 42.6 Å². The molecular weight excluding hydrogens is 392 g/mol. The van der Waals surface area contributed by atoms with Crippen molar-refractivity contribution in [3.8, 4) is 0 Å². The van der Waals surface area contributed by atoms with E-state index in [-0.39, 0.29) is 12.5 Å². The van der Waals surface area contributed by atoms with Crippen LogP contribution in [-0.4, -0.2) is 27.0 Å². The van der Waals surface area contributed by atoms with Crippen LogP contribution in [0.5, 0.6) is 0 Å². The van der Waals surface area contributed by atoms with Crippen LogP contribution >= 0.6 is 0 Å². The molecule has 0 aliphatic rings. The van der Waals surface area contributed by atoms with Gasteiger partial charge in [0.25, 0.3) is 5.91 Å². The van der Waals surface area contributed by atoms with E-state index in [0.717, 1.165) is 12.0 Å². The van der Waals surface area contributed by atoms with Crippen molar-refractivity contribution in [1.82, 2.24) is 19.9 Å². The number of hydrogen-bond acceptors (Lipinski definition) is 4. The van der Waals surface area contributed by atoms with Gasteiger partial charge in [-0.25, -0.2) is 4.98 Å². The Morgan fingerprint density at radius 1 is 1.03 bits per heavy atom. The van der Waals surface area contributed by atoms with Gasteiger partial charge in [-0.05, 0) is 54.3 Å². The van der Waals surface area contributed by atoms with Gasteiger partial charge in [-0.15, -0.1) is 0 Å². The van der Waals surface area contributed by atoms with Gasteiger partial charge in [0.2, 0.25) is 0 Å². The van der Waals surface area contributed by atoms with Gasteiger partial charge in [-0.3, -0.25) is 19.0 Å². The number of pyridine rings is 1. The summed E-state index contributed by atoms with van der Waals surface area (Å²) in [6.07, 6.45) is 2.34. The number of H-pyrrole nitrogens is 1. The number of fused-ring (bicyclic) bond motifs is 1. The van der Waals surface area contributed by atoms with Gasteiger partial charge >= 0.3 is 11.1 Å². The fourth-order valence-corrected chi connectivity index (χ4v) is 3.50. The lowest BCUT2D eigenvalue weighted by molar-refractivity contribution is 0.0954. The summed E-state index contributed by atoms with van der Waals surface area (Å²) in [5.74, 6) is -0.152. The number of aromatic nitrogens is 3. The molecule has 0 saturated heterocycles. The van der Waals surface area contributed by atoms with E-state index in [2.05, 4.69) is 34.3 Å². The van der Waals surface area contributed by atoms with Crippen LogP contribution in [0.1, 0.15) is 27.0 Å². The first-order valence-electron chi connectivity index (χ1n) is 10.0. The highest BCUT2D eigenvalue weighted by Crippen LogP contribution is 2.10. The zero-order valence-electron chi connectivity index (χ0n) is 17.1. The average Bonchev–Trinajstić information content (AvgIpc) is 2.78. The Labute approximate surface area is 178 Å². The Morgan fingerprint density at radius 3 is 2.58 bits per heavy atom. The molecule has 2 heterocycles. The minimum absolute atomic E-state index is 0.152. The quantitative estimate of drug-likeness (QED) is 0.474. The van der Waals surface area contributed by atoms with Gasteiger partial charge < -0.3 is 10.3 Å². The van der Waals surface area contributed by atoms with Crippen LogP contribution in [0.3, 0.4) is 0 Å². The third kappa shape index (κ3) is 4.45. The van der Waals surface area contributed by atoms with Crippen molar-refractivity contribution >= 4 is 17.1 Å². The van der Waals surface area contributed by atoms with Crippen LogP contribution in [0.4, 0.5) is 0 Å². The fourth-order valence-electron chi connectivity index (χ4n) is 3.50. The van der Waals surface area contributed by atoms with E-state index < -0.39 is 11.1 Å². The number of nitrogens with zero attached hydrogens (tertiary/aromatic N) is 2. The first-order chi connectivity index (χ1) is 15.0. The normalized spacial score (nSPS) is 10.9. The highest BCUT2D eigenvalue weighted by molar-refractivity contribution is 5.94. The third-order valence-electron chi connectivity index (χ3n) is 5.23. The Balaban J connectivity index is 1.45. The highest BCUT2D eigenvalue weighted by Gasteiger charge is 2.10. The molecule has 1 amide bonds. The molecule has 7 heteroatoms. The van der Waals surface area contributed by atoms with Crippen molar-refractivity contribution < 1.29 is 4.79 Å². The van der Waals surface area contributed by atoms with E-state index in [0.29, 0.717) is 23.3 Å². The average molecular weight is 414 g/mol. The smallest absolute Gasteiger partial charge is 0.318 e. The molecule has 0 unspecified atom stereocenters. The Bertz CT molecular complexity index is 1350. The molecule has 0 fully saturated rings. The van der Waals surface area contributed by atoms with Crippen molar-refractivity contribution in [2.24, 2.45) is 0 Å². The van der Waals surface area contributed by atoms with Crippen LogP contribution in [0, 0.1) is 6.92 Å². The lowest BCUT2D eigenvalue weighted by Gasteiger charge is -2.10. The summed E-state index contributed by atoms with van der Waals surface area (Å²) < 4.78 is 1.34. The molecular formula is C24H22N4O3. The van der Waals surface area contributed by atoms with E-state index >= 15 is 0 Å². The summed E-state index contributed by atoms with van der Waals surface area (Å²) in [6.45, 7) is 2.79.